The van der Waals surface area contributed by atoms with Crippen LogP contribution < -0.4 is 24.6 Å². The molecule has 63 heavy (non-hydrogen) atoms. The van der Waals surface area contributed by atoms with Crippen LogP contribution >= 0.6 is 46.4 Å². The molecule has 0 unspecified atom stereocenters. The van der Waals surface area contributed by atoms with Crippen LogP contribution in [0.15, 0.2) is 97.1 Å². The fraction of sp³-hybridized carbons (Fsp3) is 0.0732. The first-order chi connectivity index (χ1) is 29.7. The molecule has 0 bridgehead atoms. The average molecular weight is 975 g/mol. The summed E-state index contributed by atoms with van der Waals surface area (Å²) in [5.41, 5.74) is -4.87. The third-order valence-electron chi connectivity index (χ3n) is 9.39. The van der Waals surface area contributed by atoms with E-state index in [2.05, 4.69) is 14.8 Å². The van der Waals surface area contributed by atoms with Crippen LogP contribution in [0.2, 0.25) is 20.1 Å². The van der Waals surface area contributed by atoms with Crippen LogP contribution in [0.3, 0.4) is 0 Å². The summed E-state index contributed by atoms with van der Waals surface area (Å²) in [5.74, 6) is -4.60. The van der Waals surface area contributed by atoms with Gasteiger partial charge in [-0.05, 0) is 71.8 Å². The Kier molecular flexibility index (Phi) is 12.4. The number of halogens is 11. The van der Waals surface area contributed by atoms with Crippen molar-refractivity contribution in [1.29, 1.82) is 0 Å². The normalized spacial score (nSPS) is 13.6. The van der Waals surface area contributed by atoms with E-state index in [1.807, 2.05) is 0 Å². The first-order valence-electron chi connectivity index (χ1n) is 17.6. The zero-order chi connectivity index (χ0) is 45.7. The van der Waals surface area contributed by atoms with Crippen LogP contribution in [0.25, 0.3) is 22.3 Å². The number of nitrogens with zero attached hydrogens (tertiary/aromatic N) is 2. The number of carbonyl (C=O) groups is 2. The number of alkyl halides is 3. The van der Waals surface area contributed by atoms with E-state index in [4.69, 9.17) is 46.4 Å². The maximum absolute atomic E-state index is 14.7. The SMILES string of the molecule is O=C1NCc2c(-c3ccc(F)cc3F)cc(O)cc2N1c1c(Cl)cccc1Cl.O=C1NCc2c(-c3ccc(F)cc3F)cc(OS(=O)(=O)C(F)(F)F)cc2N1c1c(Cl)cccc1Cl. The third kappa shape index (κ3) is 8.86. The smallest absolute Gasteiger partial charge is 0.508 e. The number of aromatic hydroxyl groups is 1. The lowest BCUT2D eigenvalue weighted by Gasteiger charge is -2.33. The largest absolute Gasteiger partial charge is 0.534 e. The number of benzene rings is 6. The molecule has 4 amide bonds. The number of hydrogen-bond acceptors (Lipinski definition) is 6. The van der Waals surface area contributed by atoms with Gasteiger partial charge in [-0.1, -0.05) is 58.5 Å². The Balaban J connectivity index is 0.000000193. The van der Waals surface area contributed by atoms with E-state index in [1.54, 1.807) is 18.2 Å². The van der Waals surface area contributed by atoms with Gasteiger partial charge in [-0.3, -0.25) is 9.80 Å². The van der Waals surface area contributed by atoms with Gasteiger partial charge in [0.15, 0.2) is 0 Å². The highest BCUT2D eigenvalue weighted by Gasteiger charge is 2.49. The molecule has 22 heteroatoms. The summed E-state index contributed by atoms with van der Waals surface area (Å²) in [6.07, 6.45) is 0. The molecule has 2 aliphatic rings. The van der Waals surface area contributed by atoms with Gasteiger partial charge in [0.25, 0.3) is 0 Å². The molecule has 0 atom stereocenters. The fourth-order valence-corrected chi connectivity index (χ4v) is 8.29. The molecular formula is C41H23Cl4F7N4O6S. The standard InChI is InChI=1S/C21H11Cl2F5N2O4S.C20H12Cl2F2N2O2/c22-15-2-1-3-16(23)19(15)30-18-8-11(34-35(32,33)21(26,27)28)7-13(14(18)9-29-20(30)31)12-5-4-10(24)6-17(12)25;21-15-2-1-3-16(22)19(15)26-18-8-11(27)7-13(14(18)9-25-20(26)28)12-5-4-10(23)6-17(12)24/h1-8H,9H2,(H,29,31);1-8,27H,9H2,(H,25,28). The number of carbonyl (C=O) groups excluding carboxylic acids is 2. The van der Waals surface area contributed by atoms with Crippen molar-refractivity contribution in [3.05, 3.63) is 152 Å². The van der Waals surface area contributed by atoms with Crippen LogP contribution in [0.5, 0.6) is 11.5 Å². The minimum Gasteiger partial charge on any atom is -0.508 e. The van der Waals surface area contributed by atoms with Gasteiger partial charge in [0.2, 0.25) is 0 Å². The number of anilines is 4. The summed E-state index contributed by atoms with van der Waals surface area (Å²) in [5, 5.41) is 15.9. The van der Waals surface area contributed by atoms with Gasteiger partial charge in [-0.2, -0.15) is 21.6 Å². The average Bonchev–Trinajstić information content (AvgIpc) is 3.18. The zero-order valence-electron chi connectivity index (χ0n) is 31.1. The van der Waals surface area contributed by atoms with Crippen molar-refractivity contribution >= 4 is 91.3 Å². The van der Waals surface area contributed by atoms with Crippen molar-refractivity contribution in [3.63, 3.8) is 0 Å². The summed E-state index contributed by atoms with van der Waals surface area (Å²) >= 11 is 25.0. The molecule has 0 fully saturated rings. The van der Waals surface area contributed by atoms with Crippen LogP contribution in [0.4, 0.5) is 63.1 Å². The van der Waals surface area contributed by atoms with Crippen molar-refractivity contribution < 1.29 is 58.0 Å². The zero-order valence-corrected chi connectivity index (χ0v) is 34.9. The summed E-state index contributed by atoms with van der Waals surface area (Å²) in [7, 11) is -6.13. The maximum Gasteiger partial charge on any atom is 0.534 e. The molecule has 6 aromatic carbocycles. The predicted octanol–water partition coefficient (Wildman–Crippen LogP) is 12.5. The highest BCUT2D eigenvalue weighted by Crippen LogP contribution is 2.47. The minimum absolute atomic E-state index is 0.0238. The fourth-order valence-electron chi connectivity index (χ4n) is 6.72. The van der Waals surface area contributed by atoms with Crippen LogP contribution in [0.1, 0.15) is 11.1 Å². The summed E-state index contributed by atoms with van der Waals surface area (Å²) in [6, 6.07) is 17.8. The van der Waals surface area contributed by atoms with Crippen LogP contribution in [-0.4, -0.2) is 31.1 Å². The number of amides is 4. The Morgan fingerprint density at radius 2 is 1.00 bits per heavy atom. The Morgan fingerprint density at radius 1 is 0.587 bits per heavy atom. The molecule has 3 N–H and O–H groups in total. The van der Waals surface area contributed by atoms with Crippen molar-refractivity contribution in [3.8, 4) is 33.8 Å². The summed E-state index contributed by atoms with van der Waals surface area (Å²) in [6.45, 7) is -0.162. The quantitative estimate of drug-likeness (QED) is 0.0866. The molecule has 8 rings (SSSR count). The monoisotopic (exact) mass is 972 g/mol. The number of phenols is 1. The van der Waals surface area contributed by atoms with E-state index in [0.717, 1.165) is 41.3 Å². The highest BCUT2D eigenvalue weighted by molar-refractivity contribution is 7.88. The van der Waals surface area contributed by atoms with Gasteiger partial charge in [0, 0.05) is 59.6 Å². The van der Waals surface area contributed by atoms with Crippen molar-refractivity contribution in [2.75, 3.05) is 9.80 Å². The van der Waals surface area contributed by atoms with E-state index < -0.39 is 56.7 Å². The Hall–Kier alpha value is -5.92. The van der Waals surface area contributed by atoms with E-state index >= 15 is 0 Å². The Labute approximate surface area is 372 Å². The Morgan fingerprint density at radius 3 is 1.41 bits per heavy atom. The number of rotatable bonds is 6. The highest BCUT2D eigenvalue weighted by atomic mass is 35.5. The van der Waals surface area contributed by atoms with Crippen LogP contribution in [0, 0.1) is 23.3 Å². The van der Waals surface area contributed by atoms with Crippen molar-refractivity contribution in [1.82, 2.24) is 10.6 Å². The lowest BCUT2D eigenvalue weighted by molar-refractivity contribution is -0.0500. The number of fused-ring (bicyclic) bond motifs is 2. The maximum atomic E-state index is 14.7. The van der Waals surface area contributed by atoms with Gasteiger partial charge in [0.1, 0.15) is 34.8 Å². The number of hydrogen-bond donors (Lipinski definition) is 3. The molecule has 0 aliphatic carbocycles. The molecule has 10 nitrogen and oxygen atoms in total. The lowest BCUT2D eigenvalue weighted by Crippen LogP contribution is -2.41. The van der Waals surface area contributed by atoms with E-state index in [1.165, 1.54) is 41.3 Å². The first kappa shape index (κ1) is 45.1. The molecule has 2 heterocycles. The molecule has 2 aliphatic heterocycles. The van der Waals surface area contributed by atoms with E-state index in [9.17, 15) is 53.8 Å². The van der Waals surface area contributed by atoms with Gasteiger partial charge in [0.05, 0.1) is 42.8 Å². The molecular weight excluding hydrogens is 951 g/mol. The molecule has 6 aromatic rings. The van der Waals surface area contributed by atoms with Crippen LogP contribution in [-0.2, 0) is 23.2 Å². The van der Waals surface area contributed by atoms with E-state index in [-0.39, 0.29) is 78.2 Å². The van der Waals surface area contributed by atoms with Gasteiger partial charge < -0.3 is 19.9 Å². The summed E-state index contributed by atoms with van der Waals surface area (Å²) in [4.78, 5) is 27.6. The number of nitrogens with one attached hydrogen (secondary N) is 2. The molecule has 0 radical (unpaired) electrons. The topological polar surface area (TPSA) is 128 Å². The second-order valence-corrected chi connectivity index (χ2v) is 16.5. The van der Waals surface area contributed by atoms with E-state index in [0.29, 0.717) is 22.9 Å². The summed E-state index contributed by atoms with van der Waals surface area (Å²) < 4.78 is 122. The number of phenolic OH excluding ortho intramolecular Hbond substituents is 1. The molecule has 0 spiro atoms. The second-order valence-electron chi connectivity index (χ2n) is 13.3. The van der Waals surface area contributed by atoms with Gasteiger partial charge in [-0.25, -0.2) is 27.2 Å². The lowest BCUT2D eigenvalue weighted by atomic mass is 9.95. The molecule has 326 valence electrons. The minimum atomic E-state index is -6.13. The molecule has 0 saturated heterocycles. The van der Waals surface area contributed by atoms with Crippen molar-refractivity contribution in [2.45, 2.75) is 18.6 Å². The first-order valence-corrected chi connectivity index (χ1v) is 20.6. The number of para-hydroxylation sites is 2. The Bertz CT molecular complexity index is 2940. The molecule has 0 saturated carbocycles. The molecule has 0 aromatic heterocycles. The predicted molar refractivity (Wildman–Crippen MR) is 223 cm³/mol. The third-order valence-corrected chi connectivity index (χ3v) is 11.6. The van der Waals surface area contributed by atoms with Gasteiger partial charge in [-0.15, -0.1) is 0 Å². The van der Waals surface area contributed by atoms with Crippen molar-refractivity contribution in [2.24, 2.45) is 0 Å². The van der Waals surface area contributed by atoms with Gasteiger partial charge >= 0.3 is 27.7 Å². The number of urea groups is 2. The second kappa shape index (κ2) is 17.3.